The molecule has 0 fully saturated rings. The first-order valence-electron chi connectivity index (χ1n) is 25.7. The van der Waals surface area contributed by atoms with E-state index >= 15 is 0 Å². The van der Waals surface area contributed by atoms with E-state index in [1.165, 1.54) is 180 Å². The summed E-state index contributed by atoms with van der Waals surface area (Å²) in [6, 6.07) is -1.54. The van der Waals surface area contributed by atoms with Crippen LogP contribution < -0.4 is 5.32 Å². The maximum Gasteiger partial charge on any atom is 0.472 e. The number of carboxylic acid groups (broad SMARTS) is 1. The molecular weight excluding hydrogens is 806 g/mol. The predicted molar refractivity (Wildman–Crippen MR) is 254 cm³/mol. The topological polar surface area (TPSA) is 169 Å². The lowest BCUT2D eigenvalue weighted by Crippen LogP contribution is -2.43. The van der Waals surface area contributed by atoms with Gasteiger partial charge in [0.25, 0.3) is 0 Å². The van der Waals surface area contributed by atoms with Crippen LogP contribution in [0.4, 0.5) is 0 Å². The van der Waals surface area contributed by atoms with Crippen LogP contribution in [0.25, 0.3) is 0 Å². The number of carboxylic acids is 1. The fourth-order valence-corrected chi connectivity index (χ4v) is 8.32. The zero-order valence-electron chi connectivity index (χ0n) is 39.9. The van der Waals surface area contributed by atoms with Crippen molar-refractivity contribution in [1.29, 1.82) is 0 Å². The summed E-state index contributed by atoms with van der Waals surface area (Å²) in [5.41, 5.74) is 0. The van der Waals surface area contributed by atoms with Crippen molar-refractivity contribution in [2.75, 3.05) is 19.8 Å². The molecule has 0 aliphatic rings. The molecule has 0 heterocycles. The molecular formula is C50H96NO10P. The van der Waals surface area contributed by atoms with E-state index in [4.69, 9.17) is 13.8 Å². The number of nitrogens with one attached hydrogen (secondary N) is 1. The van der Waals surface area contributed by atoms with Gasteiger partial charge in [-0.3, -0.25) is 18.6 Å². The fraction of sp³-hybridized carbons (Fsp3) is 0.900. The Bertz CT molecular complexity index is 1110. The lowest BCUT2D eigenvalue weighted by Gasteiger charge is -2.18. The maximum absolute atomic E-state index is 12.4. The van der Waals surface area contributed by atoms with Gasteiger partial charge in [-0.25, -0.2) is 9.36 Å². The number of aliphatic carboxylic acids is 1. The second kappa shape index (κ2) is 45.8. The van der Waals surface area contributed by atoms with Gasteiger partial charge in [0.15, 0.2) is 6.04 Å². The van der Waals surface area contributed by atoms with Gasteiger partial charge in [0.2, 0.25) is 5.91 Å². The third kappa shape index (κ3) is 44.8. The number of carbonyl (C=O) groups is 3. The molecule has 4 N–H and O–H groups in total. The lowest BCUT2D eigenvalue weighted by atomic mass is 10.0. The first-order chi connectivity index (χ1) is 30.1. The van der Waals surface area contributed by atoms with Crippen LogP contribution in [-0.2, 0) is 32.7 Å². The predicted octanol–water partition coefficient (Wildman–Crippen LogP) is 14.0. The second-order valence-electron chi connectivity index (χ2n) is 17.7. The molecule has 62 heavy (non-hydrogen) atoms. The van der Waals surface area contributed by atoms with Gasteiger partial charge >= 0.3 is 19.8 Å². The Hall–Kier alpha value is -1.78. The summed E-state index contributed by atoms with van der Waals surface area (Å²) >= 11 is 0. The molecule has 0 aliphatic carbocycles. The highest BCUT2D eigenvalue weighted by molar-refractivity contribution is 7.47. The molecule has 0 bridgehead atoms. The third-order valence-corrected chi connectivity index (χ3v) is 12.5. The van der Waals surface area contributed by atoms with E-state index in [0.717, 1.165) is 38.5 Å². The summed E-state index contributed by atoms with van der Waals surface area (Å²) in [5, 5.41) is 21.9. The van der Waals surface area contributed by atoms with Crippen molar-refractivity contribution in [3.63, 3.8) is 0 Å². The highest BCUT2D eigenvalue weighted by Gasteiger charge is 2.28. The van der Waals surface area contributed by atoms with Crippen molar-refractivity contribution in [2.45, 2.75) is 270 Å². The minimum atomic E-state index is -4.76. The number of unbranched alkanes of at least 4 members (excludes halogenated alkanes) is 33. The fourth-order valence-electron chi connectivity index (χ4n) is 7.55. The van der Waals surface area contributed by atoms with Crippen LogP contribution in [-0.4, -0.2) is 64.9 Å². The summed E-state index contributed by atoms with van der Waals surface area (Å²) in [6.07, 6.45) is 48.0. The van der Waals surface area contributed by atoms with Crippen molar-refractivity contribution >= 4 is 25.7 Å². The maximum atomic E-state index is 12.4. The Morgan fingerprint density at radius 2 is 0.839 bits per heavy atom. The van der Waals surface area contributed by atoms with Gasteiger partial charge < -0.3 is 25.2 Å². The van der Waals surface area contributed by atoms with Crippen molar-refractivity contribution in [2.24, 2.45) is 0 Å². The van der Waals surface area contributed by atoms with Crippen LogP contribution in [0, 0.1) is 0 Å². The molecule has 12 heteroatoms. The number of phosphoric ester groups is 1. The van der Waals surface area contributed by atoms with Gasteiger partial charge in [-0.15, -0.1) is 0 Å². The molecule has 0 aliphatic heterocycles. The molecule has 1 amide bonds. The van der Waals surface area contributed by atoms with Gasteiger partial charge in [-0.1, -0.05) is 219 Å². The lowest BCUT2D eigenvalue weighted by molar-refractivity contribution is -0.147. The zero-order chi connectivity index (χ0) is 45.6. The van der Waals surface area contributed by atoms with E-state index in [2.05, 4.69) is 31.3 Å². The monoisotopic (exact) mass is 902 g/mol. The Morgan fingerprint density at radius 3 is 1.23 bits per heavy atom. The number of carbonyl (C=O) groups excluding carboxylic acids is 2. The smallest absolute Gasteiger partial charge is 0.472 e. The highest BCUT2D eigenvalue weighted by Crippen LogP contribution is 2.43. The quantitative estimate of drug-likeness (QED) is 0.0200. The summed E-state index contributed by atoms with van der Waals surface area (Å²) in [7, 11) is -4.76. The summed E-state index contributed by atoms with van der Waals surface area (Å²) < 4.78 is 27.0. The van der Waals surface area contributed by atoms with E-state index in [0.29, 0.717) is 12.8 Å². The van der Waals surface area contributed by atoms with Crippen molar-refractivity contribution in [3.05, 3.63) is 12.2 Å². The third-order valence-electron chi connectivity index (χ3n) is 11.6. The average Bonchev–Trinajstić information content (AvgIpc) is 3.25. The first-order valence-corrected chi connectivity index (χ1v) is 27.2. The minimum absolute atomic E-state index is 0.147. The molecule has 3 atom stereocenters. The number of hydrogen-bond acceptors (Lipinski definition) is 8. The van der Waals surface area contributed by atoms with Gasteiger partial charge in [0.1, 0.15) is 12.7 Å². The average molecular weight is 902 g/mol. The van der Waals surface area contributed by atoms with Crippen molar-refractivity contribution in [1.82, 2.24) is 5.32 Å². The van der Waals surface area contributed by atoms with E-state index < -0.39 is 57.6 Å². The Labute approximate surface area is 379 Å². The number of allylic oxidation sites excluding steroid dienone is 2. The second-order valence-corrected chi connectivity index (χ2v) is 19.2. The first kappa shape index (κ1) is 60.2. The molecule has 0 saturated carbocycles. The van der Waals surface area contributed by atoms with Crippen LogP contribution in [0.3, 0.4) is 0 Å². The summed E-state index contributed by atoms with van der Waals surface area (Å²) in [4.78, 5) is 46.1. The number of aliphatic hydroxyl groups is 1. The number of hydrogen-bond donors (Lipinski definition) is 4. The molecule has 0 aromatic heterocycles. The normalized spacial score (nSPS) is 13.6. The largest absolute Gasteiger partial charge is 0.480 e. The Kier molecular flexibility index (Phi) is 44.5. The van der Waals surface area contributed by atoms with Gasteiger partial charge in [-0.2, -0.15) is 0 Å². The SMILES string of the molecule is CCCCCCCC/C=C/CCCCCCCCCCCC(=O)NC(COP(=O)(O)OCC(O)COC(=O)CCCCCCCCCCCCCCCCCCCCC)C(=O)O. The molecule has 0 aromatic carbocycles. The summed E-state index contributed by atoms with van der Waals surface area (Å²) in [5.74, 6) is -2.36. The summed E-state index contributed by atoms with van der Waals surface area (Å²) in [6.45, 7) is 2.64. The van der Waals surface area contributed by atoms with Crippen LogP contribution in [0.5, 0.6) is 0 Å². The van der Waals surface area contributed by atoms with E-state index in [1.807, 2.05) is 0 Å². The highest BCUT2D eigenvalue weighted by atomic mass is 31.2. The Balaban J connectivity index is 3.80. The zero-order valence-corrected chi connectivity index (χ0v) is 40.8. The molecule has 0 radical (unpaired) electrons. The molecule has 11 nitrogen and oxygen atoms in total. The molecule has 0 aromatic rings. The number of phosphoric acid groups is 1. The van der Waals surface area contributed by atoms with Crippen molar-refractivity contribution < 1.29 is 47.8 Å². The van der Waals surface area contributed by atoms with Crippen LogP contribution in [0.1, 0.15) is 258 Å². The van der Waals surface area contributed by atoms with E-state index in [9.17, 15) is 34.1 Å². The standard InChI is InChI=1S/C50H96NO10P/c1-3-5-7-9-11-13-15-17-19-21-23-25-27-29-31-33-35-37-39-41-48(53)51-47(50(55)56)45-61-62(57,58)60-44-46(52)43-59-49(54)42-40-38-36-34-32-30-28-26-24-22-20-18-16-14-12-10-8-6-4-2/h17,19,46-47,52H,3-16,18,20-45H2,1-2H3,(H,51,53)(H,55,56)(H,57,58)/b19-17+. The van der Waals surface area contributed by atoms with Crippen LogP contribution in [0.2, 0.25) is 0 Å². The van der Waals surface area contributed by atoms with E-state index in [1.54, 1.807) is 0 Å². The van der Waals surface area contributed by atoms with Gasteiger partial charge in [-0.05, 0) is 38.5 Å². The van der Waals surface area contributed by atoms with Crippen LogP contribution in [0.15, 0.2) is 12.2 Å². The Morgan fingerprint density at radius 1 is 0.500 bits per heavy atom. The molecule has 0 rings (SSSR count). The molecule has 0 saturated heterocycles. The van der Waals surface area contributed by atoms with E-state index in [-0.39, 0.29) is 12.8 Å². The van der Waals surface area contributed by atoms with Crippen LogP contribution >= 0.6 is 7.82 Å². The number of ether oxygens (including phenoxy) is 1. The molecule has 3 unspecified atom stereocenters. The van der Waals surface area contributed by atoms with Gasteiger partial charge in [0, 0.05) is 12.8 Å². The number of esters is 1. The number of rotatable bonds is 49. The number of amides is 1. The molecule has 0 spiro atoms. The molecule has 366 valence electrons. The van der Waals surface area contributed by atoms with Gasteiger partial charge in [0.05, 0.1) is 13.2 Å². The number of aliphatic hydroxyl groups excluding tert-OH is 1. The minimum Gasteiger partial charge on any atom is -0.480 e. The van der Waals surface area contributed by atoms with Crippen molar-refractivity contribution in [3.8, 4) is 0 Å².